The van der Waals surface area contributed by atoms with Crippen molar-refractivity contribution >= 4 is 17.0 Å². The molecule has 0 amide bonds. The number of anilines is 1. The van der Waals surface area contributed by atoms with E-state index in [0.717, 1.165) is 24.0 Å². The van der Waals surface area contributed by atoms with E-state index >= 15 is 0 Å². The molecule has 5 heteroatoms. The summed E-state index contributed by atoms with van der Waals surface area (Å²) >= 11 is 0. The Kier molecular flexibility index (Phi) is 5.76. The summed E-state index contributed by atoms with van der Waals surface area (Å²) in [7, 11) is 0. The van der Waals surface area contributed by atoms with Crippen LogP contribution >= 0.6 is 0 Å². The summed E-state index contributed by atoms with van der Waals surface area (Å²) in [4.78, 5) is 0. The van der Waals surface area contributed by atoms with Crippen LogP contribution in [0.5, 0.6) is 0 Å². The molecule has 2 heterocycles. The molecular weight excluding hydrogens is 314 g/mol. The Hall–Kier alpha value is -2.27. The van der Waals surface area contributed by atoms with Gasteiger partial charge in [-0.15, -0.1) is 0 Å². The zero-order valence-corrected chi connectivity index (χ0v) is 14.9. The first-order valence-electron chi connectivity index (χ1n) is 9.20. The molecule has 0 bridgehead atoms. The fourth-order valence-corrected chi connectivity index (χ4v) is 3.36. The van der Waals surface area contributed by atoms with Crippen molar-refractivity contribution in [2.24, 2.45) is 0 Å². The first-order chi connectivity index (χ1) is 12.2. The predicted molar refractivity (Wildman–Crippen MR) is 99.0 cm³/mol. The van der Waals surface area contributed by atoms with E-state index in [1.54, 1.807) is 18.4 Å². The average Bonchev–Trinajstić information content (AvgIpc) is 3.24. The number of nitrogens with two attached hydrogens (primary N) is 1. The van der Waals surface area contributed by atoms with Crippen LogP contribution in [0.25, 0.3) is 11.0 Å². The van der Waals surface area contributed by atoms with Crippen LogP contribution in [0, 0.1) is 0 Å². The highest BCUT2D eigenvalue weighted by Crippen LogP contribution is 2.20. The fourth-order valence-electron chi connectivity index (χ4n) is 3.36. The molecule has 3 rings (SSSR count). The predicted octanol–water partition coefficient (Wildman–Crippen LogP) is 3.81. The zero-order chi connectivity index (χ0) is 17.6. The van der Waals surface area contributed by atoms with Crippen molar-refractivity contribution in [1.82, 2.24) is 4.57 Å². The van der Waals surface area contributed by atoms with E-state index in [1.165, 1.54) is 25.7 Å². The lowest BCUT2D eigenvalue weighted by atomic mass is 10.1. The van der Waals surface area contributed by atoms with Gasteiger partial charge in [0, 0.05) is 0 Å². The Morgan fingerprint density at radius 1 is 1.12 bits per heavy atom. The molecule has 25 heavy (non-hydrogen) atoms. The maximum Gasteiger partial charge on any atom is 0.356 e. The van der Waals surface area contributed by atoms with E-state index < -0.39 is 6.10 Å². The van der Waals surface area contributed by atoms with Gasteiger partial charge in [-0.05, 0) is 30.7 Å². The molecular formula is C20H28N3O2+. The van der Waals surface area contributed by atoms with Crippen LogP contribution in [-0.4, -0.2) is 9.67 Å². The number of hydrogen-bond acceptors (Lipinski definition) is 3. The molecule has 0 radical (unpaired) electrons. The smallest absolute Gasteiger partial charge is 0.356 e. The van der Waals surface area contributed by atoms with Crippen molar-refractivity contribution in [3.8, 4) is 0 Å². The molecule has 0 saturated carbocycles. The zero-order valence-electron chi connectivity index (χ0n) is 14.9. The number of benzene rings is 1. The molecule has 134 valence electrons. The summed E-state index contributed by atoms with van der Waals surface area (Å²) < 4.78 is 9.46. The number of fused-ring (bicyclic) bond motifs is 1. The number of furan rings is 1. The molecule has 0 spiro atoms. The highest BCUT2D eigenvalue weighted by molar-refractivity contribution is 5.73. The Morgan fingerprint density at radius 2 is 1.92 bits per heavy atom. The summed E-state index contributed by atoms with van der Waals surface area (Å²) in [6.45, 7) is 3.51. The lowest BCUT2D eigenvalue weighted by molar-refractivity contribution is -0.666. The minimum absolute atomic E-state index is 0.378. The van der Waals surface area contributed by atoms with Gasteiger partial charge in [0.2, 0.25) is 0 Å². The van der Waals surface area contributed by atoms with Gasteiger partial charge in [0.05, 0.1) is 12.8 Å². The third kappa shape index (κ3) is 3.87. The quantitative estimate of drug-likeness (QED) is 0.459. The maximum absolute atomic E-state index is 10.4. The van der Waals surface area contributed by atoms with E-state index in [9.17, 15) is 5.11 Å². The number of aryl methyl sites for hydroxylation is 1. The summed E-state index contributed by atoms with van der Waals surface area (Å²) in [5.74, 6) is 1.24. The molecule has 0 fully saturated rings. The topological polar surface area (TPSA) is 68.2 Å². The summed E-state index contributed by atoms with van der Waals surface area (Å²) in [6.07, 6.45) is 7.00. The Labute approximate surface area is 148 Å². The average molecular weight is 342 g/mol. The molecule has 3 aromatic rings. The van der Waals surface area contributed by atoms with Gasteiger partial charge in [-0.25, -0.2) is 9.13 Å². The highest BCUT2D eigenvalue weighted by Gasteiger charge is 2.23. The second kappa shape index (κ2) is 8.21. The first-order valence-corrected chi connectivity index (χ1v) is 9.20. The summed E-state index contributed by atoms with van der Waals surface area (Å²) in [5, 5.41) is 10.4. The largest absolute Gasteiger partial charge is 0.466 e. The number of hydrogen-bond donors (Lipinski definition) is 2. The minimum atomic E-state index is -0.717. The number of nitrogen functional groups attached to an aromatic ring is 1. The van der Waals surface area contributed by atoms with Gasteiger partial charge in [0.1, 0.15) is 29.4 Å². The first kappa shape index (κ1) is 17.5. The molecule has 3 N–H and O–H groups in total. The van der Waals surface area contributed by atoms with E-state index in [0.29, 0.717) is 18.3 Å². The van der Waals surface area contributed by atoms with E-state index in [-0.39, 0.29) is 0 Å². The molecule has 0 aliphatic heterocycles. The van der Waals surface area contributed by atoms with Gasteiger partial charge in [-0.1, -0.05) is 44.7 Å². The van der Waals surface area contributed by atoms with Gasteiger partial charge in [0.15, 0.2) is 0 Å². The van der Waals surface area contributed by atoms with Gasteiger partial charge in [-0.2, -0.15) is 0 Å². The molecule has 1 aromatic carbocycles. The van der Waals surface area contributed by atoms with Gasteiger partial charge in [0.25, 0.3) is 0 Å². The van der Waals surface area contributed by atoms with Gasteiger partial charge >= 0.3 is 5.95 Å². The minimum Gasteiger partial charge on any atom is -0.466 e. The molecule has 2 aromatic heterocycles. The SMILES string of the molecule is CCCCCCCn1c(N)[n+](C[C@H](O)c2ccco2)c2ccccc21. The number of aromatic nitrogens is 2. The monoisotopic (exact) mass is 342 g/mol. The van der Waals surface area contributed by atoms with Crippen LogP contribution in [-0.2, 0) is 13.1 Å². The normalized spacial score (nSPS) is 12.7. The van der Waals surface area contributed by atoms with Crippen LogP contribution in [0.4, 0.5) is 5.95 Å². The van der Waals surface area contributed by atoms with Crippen molar-refractivity contribution in [2.45, 2.75) is 58.2 Å². The molecule has 0 aliphatic carbocycles. The fraction of sp³-hybridized carbons (Fsp3) is 0.450. The van der Waals surface area contributed by atoms with Gasteiger partial charge < -0.3 is 9.52 Å². The number of nitrogens with zero attached hydrogens (tertiary/aromatic N) is 2. The number of aliphatic hydroxyl groups is 1. The molecule has 1 atom stereocenters. The summed E-state index contributed by atoms with van der Waals surface area (Å²) in [5.41, 5.74) is 8.60. The Bertz CT molecular complexity index is 793. The Balaban J connectivity index is 1.82. The Morgan fingerprint density at radius 3 is 2.68 bits per heavy atom. The van der Waals surface area contributed by atoms with Crippen LogP contribution in [0.2, 0.25) is 0 Å². The molecule has 0 unspecified atom stereocenters. The highest BCUT2D eigenvalue weighted by atomic mass is 16.4. The second-order valence-electron chi connectivity index (χ2n) is 6.55. The molecule has 0 saturated heterocycles. The van der Waals surface area contributed by atoms with Crippen molar-refractivity contribution in [3.05, 3.63) is 48.4 Å². The standard InChI is InChI=1S/C20H27N3O2/c1-2-3-4-5-8-13-22-16-10-6-7-11-17(16)23(20(22)21)15-18(24)19-12-9-14-25-19/h6-7,9-12,14,18,21,24H,2-5,8,13,15H2,1H3/p+1/t18-/m0/s1. The number of aliphatic hydroxyl groups excluding tert-OH is 1. The van der Waals surface area contributed by atoms with Crippen molar-refractivity contribution in [3.63, 3.8) is 0 Å². The van der Waals surface area contributed by atoms with Crippen LogP contribution in [0.1, 0.15) is 50.9 Å². The third-order valence-corrected chi connectivity index (χ3v) is 4.73. The van der Waals surface area contributed by atoms with Crippen LogP contribution in [0.15, 0.2) is 47.1 Å². The maximum atomic E-state index is 10.4. The van der Waals surface area contributed by atoms with Gasteiger partial charge in [-0.3, -0.25) is 5.73 Å². The van der Waals surface area contributed by atoms with E-state index in [1.807, 2.05) is 22.8 Å². The molecule has 5 nitrogen and oxygen atoms in total. The lowest BCUT2D eigenvalue weighted by Crippen LogP contribution is -2.39. The van der Waals surface area contributed by atoms with E-state index in [4.69, 9.17) is 10.2 Å². The van der Waals surface area contributed by atoms with Crippen LogP contribution < -0.4 is 10.3 Å². The number of para-hydroxylation sites is 2. The van der Waals surface area contributed by atoms with E-state index in [2.05, 4.69) is 17.6 Å². The summed E-state index contributed by atoms with van der Waals surface area (Å²) in [6, 6.07) is 11.7. The van der Waals surface area contributed by atoms with Crippen molar-refractivity contribution in [2.75, 3.05) is 5.73 Å². The van der Waals surface area contributed by atoms with Crippen molar-refractivity contribution in [1.29, 1.82) is 0 Å². The number of unbranched alkanes of at least 4 members (excludes halogenated alkanes) is 4. The van der Waals surface area contributed by atoms with Crippen molar-refractivity contribution < 1.29 is 14.1 Å². The van der Waals surface area contributed by atoms with Crippen LogP contribution in [0.3, 0.4) is 0 Å². The number of rotatable bonds is 9. The number of imidazole rings is 1. The third-order valence-electron chi connectivity index (χ3n) is 4.73. The lowest BCUT2D eigenvalue weighted by Gasteiger charge is -2.07. The second-order valence-corrected chi connectivity index (χ2v) is 6.55. The molecule has 0 aliphatic rings.